The fourth-order valence-electron chi connectivity index (χ4n) is 2.93. The van der Waals surface area contributed by atoms with Crippen LogP contribution in [0.15, 0.2) is 4.99 Å². The number of aliphatic imine (C=N–C) groups is 1. The molecule has 1 aliphatic carbocycles. The van der Waals surface area contributed by atoms with Crippen molar-refractivity contribution in [1.82, 2.24) is 25.8 Å². The Morgan fingerprint density at radius 3 is 2.30 bits per heavy atom. The van der Waals surface area contributed by atoms with Gasteiger partial charge in [-0.3, -0.25) is 19.5 Å². The second-order valence-corrected chi connectivity index (χ2v) is 7.74. The Morgan fingerprint density at radius 2 is 1.78 bits per heavy atom. The number of hydrogen-bond acceptors (Lipinski definition) is 4. The number of carbonyl (C=O) groups excluding carboxylic acids is 2. The maximum absolute atomic E-state index is 11.9. The highest BCUT2D eigenvalue weighted by Crippen LogP contribution is 2.18. The second-order valence-electron chi connectivity index (χ2n) is 7.74. The van der Waals surface area contributed by atoms with Crippen LogP contribution in [0, 0.1) is 5.41 Å². The summed E-state index contributed by atoms with van der Waals surface area (Å²) in [5.41, 5.74) is -0.544. The van der Waals surface area contributed by atoms with Crippen molar-refractivity contribution in [1.29, 1.82) is 0 Å². The van der Waals surface area contributed by atoms with Gasteiger partial charge in [-0.15, -0.1) is 24.0 Å². The van der Waals surface area contributed by atoms with Crippen LogP contribution in [-0.4, -0.2) is 86.5 Å². The minimum absolute atomic E-state index is 0. The highest BCUT2D eigenvalue weighted by molar-refractivity contribution is 14.0. The fourth-order valence-corrected chi connectivity index (χ4v) is 2.93. The molecular weight excluding hydrogens is 459 g/mol. The van der Waals surface area contributed by atoms with Crippen LogP contribution < -0.4 is 16.0 Å². The molecule has 1 heterocycles. The smallest absolute Gasteiger partial charge is 0.234 e. The Kier molecular flexibility index (Phi) is 9.78. The number of nitrogens with one attached hydrogen (secondary N) is 3. The molecule has 27 heavy (non-hydrogen) atoms. The van der Waals surface area contributed by atoms with Crippen LogP contribution in [0.5, 0.6) is 0 Å². The molecule has 2 rings (SSSR count). The summed E-state index contributed by atoms with van der Waals surface area (Å²) in [6.07, 6.45) is 2.24. The van der Waals surface area contributed by atoms with E-state index in [2.05, 4.69) is 30.7 Å². The molecule has 0 spiro atoms. The third-order valence-corrected chi connectivity index (χ3v) is 4.78. The minimum Gasteiger partial charge on any atom is -0.359 e. The minimum atomic E-state index is -0.544. The zero-order valence-corrected chi connectivity index (χ0v) is 19.3. The average Bonchev–Trinajstić information content (AvgIpc) is 3.42. The number of amides is 2. The van der Waals surface area contributed by atoms with Gasteiger partial charge in [0.2, 0.25) is 11.8 Å². The van der Waals surface area contributed by atoms with Crippen LogP contribution in [0.3, 0.4) is 0 Å². The summed E-state index contributed by atoms with van der Waals surface area (Å²) < 4.78 is 0. The van der Waals surface area contributed by atoms with E-state index in [0.717, 1.165) is 51.5 Å². The summed E-state index contributed by atoms with van der Waals surface area (Å²) in [5.74, 6) is 0.962. The SMILES string of the molecule is CCNC(=NCC(C)(C)C(=O)NC)N1CCN(CC(=O)NC2CC2)CC1.I. The van der Waals surface area contributed by atoms with Crippen LogP contribution in [0.1, 0.15) is 33.6 Å². The van der Waals surface area contributed by atoms with Crippen molar-refractivity contribution >= 4 is 41.8 Å². The van der Waals surface area contributed by atoms with Gasteiger partial charge in [-0.25, -0.2) is 0 Å². The van der Waals surface area contributed by atoms with Gasteiger partial charge in [-0.05, 0) is 33.6 Å². The van der Waals surface area contributed by atoms with Gasteiger partial charge in [-0.1, -0.05) is 0 Å². The van der Waals surface area contributed by atoms with Crippen molar-refractivity contribution in [3.05, 3.63) is 0 Å². The summed E-state index contributed by atoms with van der Waals surface area (Å²) in [5, 5.41) is 9.05. The van der Waals surface area contributed by atoms with Crippen molar-refractivity contribution in [2.45, 2.75) is 39.7 Å². The Labute approximate surface area is 179 Å². The van der Waals surface area contributed by atoms with Gasteiger partial charge in [0.05, 0.1) is 18.5 Å². The monoisotopic (exact) mass is 494 g/mol. The maximum Gasteiger partial charge on any atom is 0.234 e. The Morgan fingerprint density at radius 1 is 1.15 bits per heavy atom. The van der Waals surface area contributed by atoms with E-state index in [9.17, 15) is 9.59 Å². The molecule has 0 aromatic carbocycles. The van der Waals surface area contributed by atoms with Crippen molar-refractivity contribution < 1.29 is 9.59 Å². The number of guanidine groups is 1. The second kappa shape index (κ2) is 11.0. The molecule has 8 nitrogen and oxygen atoms in total. The van der Waals surface area contributed by atoms with E-state index in [0.29, 0.717) is 19.1 Å². The molecule has 0 aromatic rings. The average molecular weight is 494 g/mol. The highest BCUT2D eigenvalue weighted by atomic mass is 127. The standard InChI is InChI=1S/C18H34N6O2.HI/c1-5-20-17(21-13-18(2,3)16(26)19-4)24-10-8-23(9-11-24)12-15(25)22-14-6-7-14;/h14H,5-13H2,1-4H3,(H,19,26)(H,20,21)(H,22,25);1H. The number of hydrogen-bond donors (Lipinski definition) is 3. The quantitative estimate of drug-likeness (QED) is 0.268. The van der Waals surface area contributed by atoms with Crippen molar-refractivity contribution in [3.63, 3.8) is 0 Å². The summed E-state index contributed by atoms with van der Waals surface area (Å²) in [7, 11) is 1.65. The molecule has 0 atom stereocenters. The normalized spacial score (nSPS) is 18.5. The predicted octanol–water partition coefficient (Wildman–Crippen LogP) is 0.238. The lowest BCUT2D eigenvalue weighted by molar-refractivity contribution is -0.128. The van der Waals surface area contributed by atoms with Crippen LogP contribution >= 0.6 is 24.0 Å². The lowest BCUT2D eigenvalue weighted by atomic mass is 9.93. The van der Waals surface area contributed by atoms with E-state index in [1.165, 1.54) is 0 Å². The lowest BCUT2D eigenvalue weighted by Gasteiger charge is -2.36. The summed E-state index contributed by atoms with van der Waals surface area (Å²) >= 11 is 0. The third-order valence-electron chi connectivity index (χ3n) is 4.78. The van der Waals surface area contributed by atoms with Gasteiger partial charge in [0.1, 0.15) is 0 Å². The zero-order chi connectivity index (χ0) is 19.2. The Balaban J connectivity index is 0.00000364. The molecule has 2 amide bonds. The predicted molar refractivity (Wildman–Crippen MR) is 118 cm³/mol. The summed E-state index contributed by atoms with van der Waals surface area (Å²) in [4.78, 5) is 33.0. The van der Waals surface area contributed by atoms with Crippen LogP contribution in [0.25, 0.3) is 0 Å². The van der Waals surface area contributed by atoms with E-state index in [-0.39, 0.29) is 35.8 Å². The molecule has 9 heteroatoms. The van der Waals surface area contributed by atoms with Crippen LogP contribution in [-0.2, 0) is 9.59 Å². The Bertz CT molecular complexity index is 528. The first-order valence-corrected chi connectivity index (χ1v) is 9.63. The molecule has 0 bridgehead atoms. The fraction of sp³-hybridized carbons (Fsp3) is 0.833. The van der Waals surface area contributed by atoms with E-state index >= 15 is 0 Å². The Hall–Kier alpha value is -1.10. The van der Waals surface area contributed by atoms with Gasteiger partial charge in [0.15, 0.2) is 5.96 Å². The summed E-state index contributed by atoms with van der Waals surface area (Å²) in [6, 6.07) is 0.417. The van der Waals surface area contributed by atoms with Gasteiger partial charge in [-0.2, -0.15) is 0 Å². The van der Waals surface area contributed by atoms with Gasteiger partial charge in [0.25, 0.3) is 0 Å². The molecule has 0 unspecified atom stereocenters. The molecule has 1 aliphatic heterocycles. The molecule has 2 fully saturated rings. The zero-order valence-electron chi connectivity index (χ0n) is 17.0. The van der Waals surface area contributed by atoms with Gasteiger partial charge < -0.3 is 20.9 Å². The molecule has 2 aliphatic rings. The topological polar surface area (TPSA) is 89.1 Å². The first kappa shape index (κ1) is 23.9. The van der Waals surface area contributed by atoms with Crippen LogP contribution in [0.2, 0.25) is 0 Å². The van der Waals surface area contributed by atoms with Crippen molar-refractivity contribution in [3.8, 4) is 0 Å². The molecule has 3 N–H and O–H groups in total. The van der Waals surface area contributed by atoms with Gasteiger partial charge >= 0.3 is 0 Å². The number of nitrogens with zero attached hydrogens (tertiary/aromatic N) is 3. The molecule has 1 saturated heterocycles. The molecule has 0 radical (unpaired) electrons. The number of carbonyl (C=O) groups is 2. The van der Waals surface area contributed by atoms with E-state index in [1.807, 2.05) is 20.8 Å². The van der Waals surface area contributed by atoms with Crippen molar-refractivity contribution in [2.24, 2.45) is 10.4 Å². The molecule has 1 saturated carbocycles. The first-order valence-electron chi connectivity index (χ1n) is 9.63. The first-order chi connectivity index (χ1) is 12.4. The van der Waals surface area contributed by atoms with E-state index in [4.69, 9.17) is 0 Å². The maximum atomic E-state index is 11.9. The van der Waals surface area contributed by atoms with Crippen LogP contribution in [0.4, 0.5) is 0 Å². The van der Waals surface area contributed by atoms with E-state index in [1.54, 1.807) is 7.05 Å². The van der Waals surface area contributed by atoms with E-state index < -0.39 is 5.41 Å². The largest absolute Gasteiger partial charge is 0.359 e. The molecule has 156 valence electrons. The number of halogens is 1. The molecular formula is C18H35IN6O2. The summed E-state index contributed by atoms with van der Waals surface area (Å²) in [6.45, 7) is 10.8. The van der Waals surface area contributed by atoms with Crippen molar-refractivity contribution in [2.75, 3.05) is 52.9 Å². The number of piperazine rings is 1. The third kappa shape index (κ3) is 7.81. The molecule has 0 aromatic heterocycles. The number of rotatable bonds is 7. The van der Waals surface area contributed by atoms with Gasteiger partial charge in [0, 0.05) is 45.8 Å². The lowest BCUT2D eigenvalue weighted by Crippen LogP contribution is -2.54. The highest BCUT2D eigenvalue weighted by Gasteiger charge is 2.28.